The maximum atomic E-state index is 13.5. The topological polar surface area (TPSA) is 129 Å². The summed E-state index contributed by atoms with van der Waals surface area (Å²) in [5.41, 5.74) is 4.95. The zero-order valence-corrected chi connectivity index (χ0v) is 27.7. The van der Waals surface area contributed by atoms with Gasteiger partial charge in [-0.3, -0.25) is 0 Å². The van der Waals surface area contributed by atoms with Crippen molar-refractivity contribution in [3.05, 3.63) is 131 Å². The van der Waals surface area contributed by atoms with Gasteiger partial charge >= 0.3 is 24.1 Å². The van der Waals surface area contributed by atoms with Crippen LogP contribution < -0.4 is 10.6 Å². The van der Waals surface area contributed by atoms with E-state index in [4.69, 9.17) is 18.9 Å². The van der Waals surface area contributed by atoms with Gasteiger partial charge in [-0.25, -0.2) is 19.2 Å². The quantitative estimate of drug-likeness (QED) is 0.133. The van der Waals surface area contributed by atoms with Gasteiger partial charge in [0.25, 0.3) is 0 Å². The lowest BCUT2D eigenvalue weighted by Crippen LogP contribution is -2.49. The molecular formula is C39H40N2O8. The summed E-state index contributed by atoms with van der Waals surface area (Å²) in [5, 5.41) is 5.08. The number of nitrogens with one attached hydrogen (secondary N) is 2. The number of carbonyl (C=O) groups excluding carboxylic acids is 4. The van der Waals surface area contributed by atoms with Crippen molar-refractivity contribution in [2.24, 2.45) is 0 Å². The summed E-state index contributed by atoms with van der Waals surface area (Å²) in [4.78, 5) is 52.4. The Kier molecular flexibility index (Phi) is 11.3. The van der Waals surface area contributed by atoms with Gasteiger partial charge in [0.05, 0.1) is 0 Å². The Morgan fingerprint density at radius 3 is 1.71 bits per heavy atom. The van der Waals surface area contributed by atoms with E-state index in [0.717, 1.165) is 33.4 Å². The number of amides is 2. The molecule has 4 aromatic rings. The number of carbonyl (C=O) groups is 4. The van der Waals surface area contributed by atoms with E-state index in [0.29, 0.717) is 0 Å². The minimum absolute atomic E-state index is 0.0555. The molecule has 1 aliphatic carbocycles. The smallest absolute Gasteiger partial charge is 0.408 e. The summed E-state index contributed by atoms with van der Waals surface area (Å²) in [7, 11) is 0. The van der Waals surface area contributed by atoms with Crippen molar-refractivity contribution in [2.75, 3.05) is 13.2 Å². The van der Waals surface area contributed by atoms with Crippen LogP contribution in [0.2, 0.25) is 0 Å². The van der Waals surface area contributed by atoms with E-state index in [1.165, 1.54) is 0 Å². The lowest BCUT2D eigenvalue weighted by atomic mass is 9.98. The lowest BCUT2D eigenvalue weighted by molar-refractivity contribution is -0.154. The molecule has 5 rings (SSSR count). The highest BCUT2D eigenvalue weighted by Crippen LogP contribution is 2.44. The highest BCUT2D eigenvalue weighted by Gasteiger charge is 2.32. The van der Waals surface area contributed by atoms with Gasteiger partial charge in [-0.1, -0.05) is 109 Å². The van der Waals surface area contributed by atoms with E-state index in [1.54, 1.807) is 45.0 Å². The standard InChI is InChI=1S/C39H40N2O8/c1-39(2,3)49-38(45)41-34(36(43)46-23-27-16-8-5-9-17-27)25-47-35(42)33(22-26-14-6-4-7-15-26)40-37(44)48-24-32-30-20-12-10-18-28(30)29-19-11-13-21-31(29)32/h4-21,32-34H,22-25H2,1-3H3,(H,40,44)(H,41,45)/t33-,34-/m0/s1. The molecule has 0 saturated carbocycles. The van der Waals surface area contributed by atoms with Gasteiger partial charge in [0.2, 0.25) is 0 Å². The van der Waals surface area contributed by atoms with Gasteiger partial charge < -0.3 is 29.6 Å². The third-order valence-corrected chi connectivity index (χ3v) is 7.79. The van der Waals surface area contributed by atoms with Gasteiger partial charge in [0, 0.05) is 12.3 Å². The van der Waals surface area contributed by atoms with Crippen molar-refractivity contribution in [3.8, 4) is 11.1 Å². The molecule has 4 aromatic carbocycles. The van der Waals surface area contributed by atoms with Crippen molar-refractivity contribution >= 4 is 24.1 Å². The van der Waals surface area contributed by atoms with Crippen LogP contribution in [0, 0.1) is 0 Å². The number of ether oxygens (including phenoxy) is 4. The molecule has 2 N–H and O–H groups in total. The van der Waals surface area contributed by atoms with Gasteiger partial charge in [-0.15, -0.1) is 0 Å². The SMILES string of the molecule is CC(C)(C)OC(=O)N[C@@H](COC(=O)[C@H](Cc1ccccc1)NC(=O)OCC1c2ccccc2-c2ccccc21)C(=O)OCc1ccccc1. The monoisotopic (exact) mass is 664 g/mol. The van der Waals surface area contributed by atoms with E-state index < -0.39 is 48.4 Å². The molecule has 254 valence electrons. The molecule has 0 radical (unpaired) electrons. The summed E-state index contributed by atoms with van der Waals surface area (Å²) in [5.74, 6) is -1.82. The average molecular weight is 665 g/mol. The first-order chi connectivity index (χ1) is 23.6. The molecule has 10 nitrogen and oxygen atoms in total. The summed E-state index contributed by atoms with van der Waals surface area (Å²) < 4.78 is 21.9. The predicted molar refractivity (Wildman–Crippen MR) is 182 cm³/mol. The molecule has 1 aliphatic rings. The Balaban J connectivity index is 1.25. The van der Waals surface area contributed by atoms with Crippen LogP contribution in [0.5, 0.6) is 0 Å². The van der Waals surface area contributed by atoms with Crippen LogP contribution in [-0.2, 0) is 41.6 Å². The van der Waals surface area contributed by atoms with Crippen molar-refractivity contribution in [1.82, 2.24) is 10.6 Å². The molecule has 0 unspecified atom stereocenters. The fourth-order valence-corrected chi connectivity index (χ4v) is 5.54. The van der Waals surface area contributed by atoms with Crippen LogP contribution in [0.25, 0.3) is 11.1 Å². The number of hydrogen-bond acceptors (Lipinski definition) is 8. The second-order valence-electron chi connectivity index (χ2n) is 12.6. The summed E-state index contributed by atoms with van der Waals surface area (Å²) >= 11 is 0. The largest absolute Gasteiger partial charge is 0.461 e. The Morgan fingerprint density at radius 2 is 1.12 bits per heavy atom. The zero-order chi connectivity index (χ0) is 34.8. The molecule has 0 saturated heterocycles. The van der Waals surface area contributed by atoms with Gasteiger partial charge in [0.15, 0.2) is 6.04 Å². The first-order valence-corrected chi connectivity index (χ1v) is 16.1. The third-order valence-electron chi connectivity index (χ3n) is 7.79. The fraction of sp³-hybridized carbons (Fsp3) is 0.282. The first kappa shape index (κ1) is 34.7. The van der Waals surface area contributed by atoms with Crippen molar-refractivity contribution in [2.45, 2.75) is 57.4 Å². The number of alkyl carbamates (subject to hydrolysis) is 2. The molecule has 10 heteroatoms. The summed E-state index contributed by atoms with van der Waals surface area (Å²) in [6, 6.07) is 31.5. The summed E-state index contributed by atoms with van der Waals surface area (Å²) in [6.07, 6.45) is -1.60. The fourth-order valence-electron chi connectivity index (χ4n) is 5.54. The Bertz CT molecular complexity index is 1710. The normalized spacial score (nSPS) is 13.2. The van der Waals surface area contributed by atoms with Gasteiger partial charge in [-0.2, -0.15) is 0 Å². The average Bonchev–Trinajstić information content (AvgIpc) is 3.41. The third kappa shape index (κ3) is 9.70. The van der Waals surface area contributed by atoms with Gasteiger partial charge in [-0.05, 0) is 54.2 Å². The lowest BCUT2D eigenvalue weighted by Gasteiger charge is -2.24. The van der Waals surface area contributed by atoms with Gasteiger partial charge in [0.1, 0.15) is 31.5 Å². The summed E-state index contributed by atoms with van der Waals surface area (Å²) in [6.45, 7) is 4.47. The van der Waals surface area contributed by atoms with Crippen molar-refractivity contribution in [3.63, 3.8) is 0 Å². The number of rotatable bonds is 12. The molecule has 49 heavy (non-hydrogen) atoms. The van der Waals surface area contributed by atoms with E-state index in [1.807, 2.05) is 84.9 Å². The van der Waals surface area contributed by atoms with E-state index in [-0.39, 0.29) is 25.6 Å². The number of esters is 2. The molecule has 0 heterocycles. The predicted octanol–water partition coefficient (Wildman–Crippen LogP) is 6.32. The molecule has 0 aliphatic heterocycles. The molecule has 2 atom stereocenters. The maximum Gasteiger partial charge on any atom is 0.408 e. The molecule has 0 spiro atoms. The van der Waals surface area contributed by atoms with Crippen LogP contribution in [-0.4, -0.2) is 55.0 Å². The van der Waals surface area contributed by atoms with Crippen molar-refractivity contribution < 1.29 is 38.1 Å². The van der Waals surface area contributed by atoms with E-state index in [2.05, 4.69) is 10.6 Å². The van der Waals surface area contributed by atoms with E-state index in [9.17, 15) is 19.2 Å². The maximum absolute atomic E-state index is 13.5. The Hall–Kier alpha value is -5.64. The minimum Gasteiger partial charge on any atom is -0.461 e. The number of fused-ring (bicyclic) bond motifs is 3. The molecular weight excluding hydrogens is 624 g/mol. The highest BCUT2D eigenvalue weighted by atomic mass is 16.6. The number of hydrogen-bond donors (Lipinski definition) is 2. The Labute approximate surface area is 285 Å². The van der Waals surface area contributed by atoms with Crippen LogP contribution in [0.1, 0.15) is 48.9 Å². The second-order valence-corrected chi connectivity index (χ2v) is 12.6. The zero-order valence-electron chi connectivity index (χ0n) is 27.7. The molecule has 0 fully saturated rings. The molecule has 0 aromatic heterocycles. The minimum atomic E-state index is -1.38. The Morgan fingerprint density at radius 1 is 0.612 bits per heavy atom. The van der Waals surface area contributed by atoms with Crippen LogP contribution in [0.4, 0.5) is 9.59 Å². The molecule has 2 amide bonds. The van der Waals surface area contributed by atoms with Crippen LogP contribution in [0.3, 0.4) is 0 Å². The first-order valence-electron chi connectivity index (χ1n) is 16.1. The number of benzene rings is 4. The highest BCUT2D eigenvalue weighted by molar-refractivity contribution is 5.84. The van der Waals surface area contributed by atoms with E-state index >= 15 is 0 Å². The molecule has 0 bridgehead atoms. The second kappa shape index (κ2) is 16.0. The van der Waals surface area contributed by atoms with Crippen LogP contribution >= 0.6 is 0 Å². The van der Waals surface area contributed by atoms with Crippen LogP contribution in [0.15, 0.2) is 109 Å². The van der Waals surface area contributed by atoms with Crippen molar-refractivity contribution in [1.29, 1.82) is 0 Å².